The van der Waals surface area contributed by atoms with E-state index in [1.807, 2.05) is 0 Å². The van der Waals surface area contributed by atoms with Crippen molar-refractivity contribution in [3.8, 4) is 6.07 Å². The summed E-state index contributed by atoms with van der Waals surface area (Å²) in [4.78, 5) is 0. The molecule has 14 heavy (non-hydrogen) atoms. The Balaban J connectivity index is 2.54. The van der Waals surface area contributed by atoms with E-state index in [2.05, 4.69) is 43.4 Å². The van der Waals surface area contributed by atoms with Gasteiger partial charge in [-0.25, -0.2) is 0 Å². The molecule has 1 aromatic rings. The Morgan fingerprint density at radius 1 is 1.29 bits per heavy atom. The molecular formula is C12H16N2. The largest absolute Gasteiger partial charge is 0.312 e. The summed E-state index contributed by atoms with van der Waals surface area (Å²) in [6, 6.07) is 8.43. The number of hydrogen-bond acceptors (Lipinski definition) is 2. The summed E-state index contributed by atoms with van der Waals surface area (Å²) in [7, 11) is 0. The lowest BCUT2D eigenvalue weighted by molar-refractivity contribution is 0.693. The third-order valence-corrected chi connectivity index (χ3v) is 2.36. The monoisotopic (exact) mass is 188 g/mol. The maximum absolute atomic E-state index is 8.38. The summed E-state index contributed by atoms with van der Waals surface area (Å²) in [6.45, 7) is 5.87. The molecule has 0 fully saturated rings. The molecular weight excluding hydrogens is 172 g/mol. The quantitative estimate of drug-likeness (QED) is 0.736. The molecule has 0 amide bonds. The van der Waals surface area contributed by atoms with Crippen LogP contribution in [0.2, 0.25) is 0 Å². The summed E-state index contributed by atoms with van der Waals surface area (Å²) in [5.74, 6) is 0. The molecule has 1 N–H and O–H groups in total. The van der Waals surface area contributed by atoms with Gasteiger partial charge < -0.3 is 5.32 Å². The molecule has 0 radical (unpaired) electrons. The first kappa shape index (κ1) is 10.7. The Morgan fingerprint density at radius 2 is 1.93 bits per heavy atom. The van der Waals surface area contributed by atoms with Gasteiger partial charge in [0.2, 0.25) is 0 Å². The molecule has 2 heteroatoms. The molecule has 1 aromatic carbocycles. The van der Waals surface area contributed by atoms with E-state index in [1.54, 1.807) is 0 Å². The molecule has 0 heterocycles. The molecule has 0 aliphatic rings. The highest BCUT2D eigenvalue weighted by Crippen LogP contribution is 2.12. The van der Waals surface area contributed by atoms with Gasteiger partial charge in [0.25, 0.3) is 0 Å². The highest BCUT2D eigenvalue weighted by atomic mass is 14.8. The van der Waals surface area contributed by atoms with Crippen molar-refractivity contribution in [2.75, 3.05) is 6.54 Å². The number of aryl methyl sites for hydroxylation is 2. The minimum atomic E-state index is 0.574. The topological polar surface area (TPSA) is 35.8 Å². The Hall–Kier alpha value is -1.33. The molecule has 0 saturated carbocycles. The van der Waals surface area contributed by atoms with Crippen molar-refractivity contribution >= 4 is 0 Å². The first-order valence-electron chi connectivity index (χ1n) is 4.88. The van der Waals surface area contributed by atoms with Gasteiger partial charge in [0.05, 0.1) is 6.07 Å². The van der Waals surface area contributed by atoms with Crippen LogP contribution in [0.15, 0.2) is 18.2 Å². The molecule has 0 saturated heterocycles. The zero-order valence-corrected chi connectivity index (χ0v) is 8.80. The third kappa shape index (κ3) is 2.86. The van der Waals surface area contributed by atoms with Gasteiger partial charge in [-0.1, -0.05) is 18.2 Å². The van der Waals surface area contributed by atoms with E-state index in [1.165, 1.54) is 16.7 Å². The highest BCUT2D eigenvalue weighted by Gasteiger charge is 2.00. The Bertz CT molecular complexity index is 316. The van der Waals surface area contributed by atoms with Gasteiger partial charge in [-0.2, -0.15) is 5.26 Å². The normalized spacial score (nSPS) is 9.79. The van der Waals surface area contributed by atoms with E-state index in [0.29, 0.717) is 6.42 Å². The maximum Gasteiger partial charge on any atom is 0.0635 e. The maximum atomic E-state index is 8.38. The standard InChI is InChI=1S/C12H16N2/c1-10-5-3-6-11(2)12(10)9-14-8-4-7-13/h3,5-6,14H,4,8-9H2,1-2H3. The molecule has 0 aliphatic heterocycles. The van der Waals surface area contributed by atoms with E-state index in [9.17, 15) is 0 Å². The fourth-order valence-corrected chi connectivity index (χ4v) is 1.49. The van der Waals surface area contributed by atoms with Gasteiger partial charge in [0.15, 0.2) is 0 Å². The number of rotatable bonds is 4. The zero-order valence-electron chi connectivity index (χ0n) is 8.80. The van der Waals surface area contributed by atoms with E-state index >= 15 is 0 Å². The van der Waals surface area contributed by atoms with Crippen molar-refractivity contribution in [3.63, 3.8) is 0 Å². The van der Waals surface area contributed by atoms with Crippen molar-refractivity contribution in [3.05, 3.63) is 34.9 Å². The van der Waals surface area contributed by atoms with Crippen LogP contribution < -0.4 is 5.32 Å². The Morgan fingerprint density at radius 3 is 2.50 bits per heavy atom. The van der Waals surface area contributed by atoms with Crippen LogP contribution in [0.3, 0.4) is 0 Å². The molecule has 2 nitrogen and oxygen atoms in total. The molecule has 0 aliphatic carbocycles. The molecule has 1 rings (SSSR count). The first-order valence-corrected chi connectivity index (χ1v) is 4.88. The second kappa shape index (κ2) is 5.41. The van der Waals surface area contributed by atoms with Crippen LogP contribution in [0.5, 0.6) is 0 Å². The molecule has 74 valence electrons. The molecule has 0 spiro atoms. The second-order valence-corrected chi connectivity index (χ2v) is 3.46. The van der Waals surface area contributed by atoms with Gasteiger partial charge in [0, 0.05) is 19.5 Å². The predicted molar refractivity (Wildman–Crippen MR) is 57.9 cm³/mol. The lowest BCUT2D eigenvalue weighted by Gasteiger charge is -2.09. The van der Waals surface area contributed by atoms with E-state index in [4.69, 9.17) is 5.26 Å². The fraction of sp³-hybridized carbons (Fsp3) is 0.417. The van der Waals surface area contributed by atoms with Crippen molar-refractivity contribution in [2.24, 2.45) is 0 Å². The summed E-state index contributed by atoms with van der Waals surface area (Å²) < 4.78 is 0. The summed E-state index contributed by atoms with van der Waals surface area (Å²) >= 11 is 0. The van der Waals surface area contributed by atoms with Crippen LogP contribution in [0.25, 0.3) is 0 Å². The predicted octanol–water partition coefficient (Wildman–Crippen LogP) is 2.31. The van der Waals surface area contributed by atoms with Crippen LogP contribution in [0.4, 0.5) is 0 Å². The molecule has 0 atom stereocenters. The molecule has 0 bridgehead atoms. The van der Waals surface area contributed by atoms with Crippen LogP contribution >= 0.6 is 0 Å². The summed E-state index contributed by atoms with van der Waals surface area (Å²) in [5, 5.41) is 11.6. The Labute approximate surface area is 85.6 Å². The molecule has 0 aromatic heterocycles. The average Bonchev–Trinajstić information content (AvgIpc) is 2.16. The van der Waals surface area contributed by atoms with Crippen LogP contribution in [0, 0.1) is 25.2 Å². The van der Waals surface area contributed by atoms with E-state index in [0.717, 1.165) is 13.1 Å². The van der Waals surface area contributed by atoms with Crippen molar-refractivity contribution in [1.29, 1.82) is 5.26 Å². The van der Waals surface area contributed by atoms with Crippen LogP contribution in [0.1, 0.15) is 23.1 Å². The summed E-state index contributed by atoms with van der Waals surface area (Å²) in [6.07, 6.45) is 0.574. The fourth-order valence-electron chi connectivity index (χ4n) is 1.49. The average molecular weight is 188 g/mol. The number of nitrogens with zero attached hydrogens (tertiary/aromatic N) is 1. The van der Waals surface area contributed by atoms with Crippen LogP contribution in [-0.4, -0.2) is 6.54 Å². The zero-order chi connectivity index (χ0) is 10.4. The summed E-state index contributed by atoms with van der Waals surface area (Å²) in [5.41, 5.74) is 3.98. The highest BCUT2D eigenvalue weighted by molar-refractivity contribution is 5.33. The van der Waals surface area contributed by atoms with E-state index < -0.39 is 0 Å². The van der Waals surface area contributed by atoms with Gasteiger partial charge >= 0.3 is 0 Å². The number of benzene rings is 1. The van der Waals surface area contributed by atoms with Gasteiger partial charge in [-0.15, -0.1) is 0 Å². The number of hydrogen-bond donors (Lipinski definition) is 1. The van der Waals surface area contributed by atoms with Crippen molar-refractivity contribution in [2.45, 2.75) is 26.8 Å². The van der Waals surface area contributed by atoms with Gasteiger partial charge in [-0.05, 0) is 30.5 Å². The SMILES string of the molecule is Cc1cccc(C)c1CNCCC#N. The lowest BCUT2D eigenvalue weighted by atomic mass is 10.0. The van der Waals surface area contributed by atoms with Crippen LogP contribution in [-0.2, 0) is 6.54 Å². The lowest BCUT2D eigenvalue weighted by Crippen LogP contribution is -2.15. The number of nitriles is 1. The smallest absolute Gasteiger partial charge is 0.0635 e. The van der Waals surface area contributed by atoms with Gasteiger partial charge in [-0.3, -0.25) is 0 Å². The van der Waals surface area contributed by atoms with E-state index in [-0.39, 0.29) is 0 Å². The minimum absolute atomic E-state index is 0.574. The molecule has 0 unspecified atom stereocenters. The Kier molecular flexibility index (Phi) is 4.15. The van der Waals surface area contributed by atoms with Crippen molar-refractivity contribution < 1.29 is 0 Å². The number of nitrogens with one attached hydrogen (secondary N) is 1. The van der Waals surface area contributed by atoms with Gasteiger partial charge in [0.1, 0.15) is 0 Å². The second-order valence-electron chi connectivity index (χ2n) is 3.46. The minimum Gasteiger partial charge on any atom is -0.312 e. The first-order chi connectivity index (χ1) is 6.75. The third-order valence-electron chi connectivity index (χ3n) is 2.36. The van der Waals surface area contributed by atoms with Crippen molar-refractivity contribution in [1.82, 2.24) is 5.32 Å².